The van der Waals surface area contributed by atoms with Crippen LogP contribution in [0.3, 0.4) is 0 Å². The summed E-state index contributed by atoms with van der Waals surface area (Å²) in [4.78, 5) is 16.8. The van der Waals surface area contributed by atoms with Gasteiger partial charge in [0.2, 0.25) is 5.95 Å². The van der Waals surface area contributed by atoms with Crippen LogP contribution in [0.25, 0.3) is 33.4 Å². The molecule has 0 unspecified atom stereocenters. The van der Waals surface area contributed by atoms with E-state index in [4.69, 9.17) is 4.98 Å². The van der Waals surface area contributed by atoms with E-state index in [1.165, 1.54) is 37.8 Å². The highest BCUT2D eigenvalue weighted by Crippen LogP contribution is 2.31. The molecule has 1 fully saturated rings. The number of nitrogens with zero attached hydrogens (tertiary/aromatic N) is 3. The minimum Gasteiger partial charge on any atom is -0.351 e. The van der Waals surface area contributed by atoms with Gasteiger partial charge in [-0.15, -0.1) is 0 Å². The van der Waals surface area contributed by atoms with Crippen molar-refractivity contribution in [1.29, 1.82) is 0 Å². The summed E-state index contributed by atoms with van der Waals surface area (Å²) in [7, 11) is 0. The van der Waals surface area contributed by atoms with Crippen LogP contribution < -0.4 is 5.32 Å². The number of aromatic amines is 1. The Balaban J connectivity index is 1.53. The zero-order valence-corrected chi connectivity index (χ0v) is 15.3. The Morgan fingerprint density at radius 1 is 1.04 bits per heavy atom. The number of pyridine rings is 1. The minimum absolute atomic E-state index is 0.259. The summed E-state index contributed by atoms with van der Waals surface area (Å²) < 4.78 is 13.6. The molecule has 0 spiro atoms. The van der Waals surface area contributed by atoms with Gasteiger partial charge in [0.05, 0.1) is 5.69 Å². The van der Waals surface area contributed by atoms with Gasteiger partial charge in [0.1, 0.15) is 11.5 Å². The van der Waals surface area contributed by atoms with Crippen LogP contribution in [-0.4, -0.2) is 26.0 Å². The van der Waals surface area contributed by atoms with E-state index < -0.39 is 0 Å². The molecule has 0 bridgehead atoms. The Labute approximate surface area is 162 Å². The van der Waals surface area contributed by atoms with Gasteiger partial charge in [-0.2, -0.15) is 0 Å². The van der Waals surface area contributed by atoms with Crippen molar-refractivity contribution in [2.45, 2.75) is 31.7 Å². The number of aromatic nitrogens is 4. The highest BCUT2D eigenvalue weighted by atomic mass is 19.1. The Hall–Kier alpha value is -3.28. The molecule has 1 saturated carbocycles. The van der Waals surface area contributed by atoms with Gasteiger partial charge in [-0.05, 0) is 42.7 Å². The molecule has 2 N–H and O–H groups in total. The molecule has 0 amide bonds. The summed E-state index contributed by atoms with van der Waals surface area (Å²) in [5.74, 6) is 0.401. The molecule has 0 aliphatic heterocycles. The first kappa shape index (κ1) is 16.9. The second kappa shape index (κ2) is 7.03. The number of anilines is 1. The standard InChI is InChI=1S/C22H20FN5/c23-16-5-3-4-14(10-16)15-11-18-19(13-26-21(18)25-12-15)20-8-9-24-22(28-20)27-17-6-1-2-7-17/h3-5,8-13,17H,1-2,6-7H2,(H,25,26)(H,24,27,28). The molecular weight excluding hydrogens is 353 g/mol. The van der Waals surface area contributed by atoms with Crippen molar-refractivity contribution in [2.24, 2.45) is 0 Å². The van der Waals surface area contributed by atoms with Crippen molar-refractivity contribution < 1.29 is 4.39 Å². The van der Waals surface area contributed by atoms with E-state index in [2.05, 4.69) is 20.3 Å². The van der Waals surface area contributed by atoms with Crippen molar-refractivity contribution >= 4 is 17.0 Å². The molecule has 28 heavy (non-hydrogen) atoms. The Bertz CT molecular complexity index is 1130. The fourth-order valence-corrected chi connectivity index (χ4v) is 3.87. The number of hydrogen-bond donors (Lipinski definition) is 2. The van der Waals surface area contributed by atoms with Crippen LogP contribution >= 0.6 is 0 Å². The molecular formula is C22H20FN5. The third-order valence-corrected chi connectivity index (χ3v) is 5.31. The molecule has 1 aliphatic carbocycles. The summed E-state index contributed by atoms with van der Waals surface area (Å²) in [5, 5.41) is 4.40. The first-order valence-corrected chi connectivity index (χ1v) is 9.59. The number of nitrogens with one attached hydrogen (secondary N) is 2. The largest absolute Gasteiger partial charge is 0.351 e. The van der Waals surface area contributed by atoms with Crippen molar-refractivity contribution in [3.63, 3.8) is 0 Å². The van der Waals surface area contributed by atoms with Crippen LogP contribution in [0.5, 0.6) is 0 Å². The zero-order chi connectivity index (χ0) is 18.9. The first-order valence-electron chi connectivity index (χ1n) is 9.59. The summed E-state index contributed by atoms with van der Waals surface area (Å²) in [6.07, 6.45) is 10.3. The smallest absolute Gasteiger partial charge is 0.223 e. The maximum absolute atomic E-state index is 13.6. The normalized spacial score (nSPS) is 14.6. The average molecular weight is 373 g/mol. The van der Waals surface area contributed by atoms with Crippen LogP contribution in [0.2, 0.25) is 0 Å². The maximum Gasteiger partial charge on any atom is 0.223 e. The van der Waals surface area contributed by atoms with Crippen molar-refractivity contribution in [2.75, 3.05) is 5.32 Å². The highest BCUT2D eigenvalue weighted by molar-refractivity contribution is 5.95. The molecule has 5 rings (SSSR count). The quantitative estimate of drug-likeness (QED) is 0.517. The number of fused-ring (bicyclic) bond motifs is 1. The van der Waals surface area contributed by atoms with Gasteiger partial charge < -0.3 is 10.3 Å². The lowest BCUT2D eigenvalue weighted by atomic mass is 10.0. The predicted molar refractivity (Wildman–Crippen MR) is 108 cm³/mol. The molecule has 140 valence electrons. The molecule has 0 atom stereocenters. The molecule has 1 aromatic carbocycles. The van der Waals surface area contributed by atoms with Gasteiger partial charge in [-0.3, -0.25) is 0 Å². The van der Waals surface area contributed by atoms with Crippen LogP contribution in [0.4, 0.5) is 10.3 Å². The van der Waals surface area contributed by atoms with E-state index in [1.54, 1.807) is 18.5 Å². The lowest BCUT2D eigenvalue weighted by Gasteiger charge is -2.12. The van der Waals surface area contributed by atoms with E-state index in [1.807, 2.05) is 24.4 Å². The van der Waals surface area contributed by atoms with Gasteiger partial charge in [0.25, 0.3) is 0 Å². The molecule has 3 aromatic heterocycles. The van der Waals surface area contributed by atoms with E-state index in [0.717, 1.165) is 33.4 Å². The summed E-state index contributed by atoms with van der Waals surface area (Å²) in [5.41, 5.74) is 4.23. The van der Waals surface area contributed by atoms with Crippen LogP contribution in [0.15, 0.2) is 55.0 Å². The SMILES string of the molecule is Fc1cccc(-c2cnc3[nH]cc(-c4ccnc(NC5CCCC5)n4)c3c2)c1. The lowest BCUT2D eigenvalue weighted by Crippen LogP contribution is -2.16. The summed E-state index contributed by atoms with van der Waals surface area (Å²) >= 11 is 0. The third-order valence-electron chi connectivity index (χ3n) is 5.31. The third kappa shape index (κ3) is 3.22. The lowest BCUT2D eigenvalue weighted by molar-refractivity contribution is 0.628. The number of hydrogen-bond acceptors (Lipinski definition) is 4. The summed E-state index contributed by atoms with van der Waals surface area (Å²) in [6, 6.07) is 10.9. The Kier molecular flexibility index (Phi) is 4.24. The first-order chi connectivity index (χ1) is 13.8. The number of H-pyrrole nitrogens is 1. The van der Waals surface area contributed by atoms with Gasteiger partial charge in [-0.25, -0.2) is 19.3 Å². The number of rotatable bonds is 4. The van der Waals surface area contributed by atoms with E-state index in [9.17, 15) is 4.39 Å². The van der Waals surface area contributed by atoms with Crippen molar-refractivity contribution in [1.82, 2.24) is 19.9 Å². The van der Waals surface area contributed by atoms with Crippen molar-refractivity contribution in [3.8, 4) is 22.4 Å². The fraction of sp³-hybridized carbons (Fsp3) is 0.227. The van der Waals surface area contributed by atoms with E-state index >= 15 is 0 Å². The predicted octanol–water partition coefficient (Wildman–Crippen LogP) is 5.18. The Morgan fingerprint density at radius 3 is 2.79 bits per heavy atom. The van der Waals surface area contributed by atoms with Crippen LogP contribution in [-0.2, 0) is 0 Å². The van der Waals surface area contributed by atoms with E-state index in [-0.39, 0.29) is 5.82 Å². The molecule has 6 heteroatoms. The van der Waals surface area contributed by atoms with Crippen LogP contribution in [0.1, 0.15) is 25.7 Å². The molecule has 0 radical (unpaired) electrons. The minimum atomic E-state index is -0.259. The fourth-order valence-electron chi connectivity index (χ4n) is 3.87. The molecule has 1 aliphatic rings. The summed E-state index contributed by atoms with van der Waals surface area (Å²) in [6.45, 7) is 0. The monoisotopic (exact) mass is 373 g/mol. The maximum atomic E-state index is 13.6. The van der Waals surface area contributed by atoms with Gasteiger partial charge >= 0.3 is 0 Å². The highest BCUT2D eigenvalue weighted by Gasteiger charge is 2.16. The van der Waals surface area contributed by atoms with Gasteiger partial charge in [-0.1, -0.05) is 25.0 Å². The van der Waals surface area contributed by atoms with Crippen LogP contribution in [0, 0.1) is 5.82 Å². The van der Waals surface area contributed by atoms with Crippen molar-refractivity contribution in [3.05, 3.63) is 60.8 Å². The zero-order valence-electron chi connectivity index (χ0n) is 15.3. The molecule has 3 heterocycles. The van der Waals surface area contributed by atoms with E-state index in [0.29, 0.717) is 12.0 Å². The molecule has 0 saturated heterocycles. The topological polar surface area (TPSA) is 66.5 Å². The number of benzene rings is 1. The molecule has 4 aromatic rings. The Morgan fingerprint density at radius 2 is 1.93 bits per heavy atom. The molecule has 5 nitrogen and oxygen atoms in total. The van der Waals surface area contributed by atoms with Gasteiger partial charge in [0.15, 0.2) is 0 Å². The second-order valence-corrected chi connectivity index (χ2v) is 7.22. The second-order valence-electron chi connectivity index (χ2n) is 7.22. The average Bonchev–Trinajstić information content (AvgIpc) is 3.37. The van der Waals surface area contributed by atoms with Gasteiger partial charge in [0, 0.05) is 41.1 Å². The number of halogens is 1.